The Morgan fingerprint density at radius 3 is 2.22 bits per heavy atom. The predicted molar refractivity (Wildman–Crippen MR) is 107 cm³/mol. The van der Waals surface area contributed by atoms with Crippen LogP contribution in [0.1, 0.15) is 44.9 Å². The van der Waals surface area contributed by atoms with E-state index in [9.17, 15) is 8.42 Å². The van der Waals surface area contributed by atoms with Gasteiger partial charge in [-0.3, -0.25) is 0 Å². The molecule has 0 unspecified atom stereocenters. The number of nitrogens with zero attached hydrogens (tertiary/aromatic N) is 2. The minimum absolute atomic E-state index is 0.00179. The number of pyridine rings is 1. The van der Waals surface area contributed by atoms with Crippen molar-refractivity contribution in [2.24, 2.45) is 0 Å². The average molecular weight is 389 g/mol. The molecule has 0 radical (unpaired) electrons. The summed E-state index contributed by atoms with van der Waals surface area (Å²) >= 11 is 0. The van der Waals surface area contributed by atoms with E-state index < -0.39 is 10.0 Å². The van der Waals surface area contributed by atoms with Crippen LogP contribution in [0.15, 0.2) is 47.4 Å². The summed E-state index contributed by atoms with van der Waals surface area (Å²) in [6, 6.07) is 12.9. The van der Waals surface area contributed by atoms with Crippen LogP contribution in [0.4, 0.5) is 0 Å². The van der Waals surface area contributed by atoms with E-state index in [1.807, 2.05) is 37.3 Å². The van der Waals surface area contributed by atoms with Gasteiger partial charge >= 0.3 is 0 Å². The summed E-state index contributed by atoms with van der Waals surface area (Å²) in [6.07, 6.45) is 1.32. The quantitative estimate of drug-likeness (QED) is 0.796. The topological polar surface area (TPSA) is 59.5 Å². The highest BCUT2D eigenvalue weighted by atomic mass is 32.2. The lowest BCUT2D eigenvalue weighted by atomic mass is 9.87. The van der Waals surface area contributed by atoms with Crippen molar-refractivity contribution in [1.82, 2.24) is 9.29 Å². The number of hydrogen-bond donors (Lipinski definition) is 0. The van der Waals surface area contributed by atoms with Gasteiger partial charge in [0, 0.05) is 24.8 Å². The Hall–Kier alpha value is -1.92. The smallest absolute Gasteiger partial charge is 0.243 e. The van der Waals surface area contributed by atoms with Crippen molar-refractivity contribution in [3.8, 4) is 5.88 Å². The standard InChI is InChI=1S/C21H28N2O3S/c1-16-6-5-7-20(22-16)26-18-12-14-23(15-13-18)27(24,25)19-10-8-17(9-11-19)21(2,3)4/h5-11,18H,12-15H2,1-4H3. The molecule has 1 aromatic heterocycles. The molecule has 0 aliphatic carbocycles. The summed E-state index contributed by atoms with van der Waals surface area (Å²) in [4.78, 5) is 4.71. The molecule has 0 bridgehead atoms. The highest BCUT2D eigenvalue weighted by Gasteiger charge is 2.30. The van der Waals surface area contributed by atoms with Gasteiger partial charge in [-0.15, -0.1) is 0 Å². The van der Waals surface area contributed by atoms with E-state index >= 15 is 0 Å². The molecular formula is C21H28N2O3S. The fraction of sp³-hybridized carbons (Fsp3) is 0.476. The van der Waals surface area contributed by atoms with Crippen LogP contribution >= 0.6 is 0 Å². The first-order valence-electron chi connectivity index (χ1n) is 9.37. The molecule has 5 nitrogen and oxygen atoms in total. The summed E-state index contributed by atoms with van der Waals surface area (Å²) in [5.74, 6) is 0.606. The van der Waals surface area contributed by atoms with E-state index in [4.69, 9.17) is 4.74 Å². The van der Waals surface area contributed by atoms with E-state index in [1.54, 1.807) is 16.4 Å². The van der Waals surface area contributed by atoms with Gasteiger partial charge in [0.1, 0.15) is 6.10 Å². The molecule has 3 rings (SSSR count). The number of aromatic nitrogens is 1. The summed E-state index contributed by atoms with van der Waals surface area (Å²) in [5.41, 5.74) is 2.03. The number of benzene rings is 1. The molecule has 146 valence electrons. The first-order chi connectivity index (χ1) is 12.7. The van der Waals surface area contributed by atoms with Crippen LogP contribution in [0, 0.1) is 6.92 Å². The fourth-order valence-electron chi connectivity index (χ4n) is 3.22. The van der Waals surface area contributed by atoms with Crippen LogP contribution < -0.4 is 4.74 Å². The second-order valence-electron chi connectivity index (χ2n) is 8.11. The summed E-state index contributed by atoms with van der Waals surface area (Å²) in [7, 11) is -3.47. The summed E-state index contributed by atoms with van der Waals surface area (Å²) < 4.78 is 33.3. The third-order valence-electron chi connectivity index (χ3n) is 4.91. The Labute approximate surface area is 162 Å². The van der Waals surface area contributed by atoms with Crippen molar-refractivity contribution < 1.29 is 13.2 Å². The van der Waals surface area contributed by atoms with Gasteiger partial charge < -0.3 is 4.74 Å². The van der Waals surface area contributed by atoms with Crippen molar-refractivity contribution >= 4 is 10.0 Å². The lowest BCUT2D eigenvalue weighted by Crippen LogP contribution is -2.41. The lowest BCUT2D eigenvalue weighted by molar-refractivity contribution is 0.129. The first kappa shape index (κ1) is 19.8. The Morgan fingerprint density at radius 1 is 1.04 bits per heavy atom. The summed E-state index contributed by atoms with van der Waals surface area (Å²) in [6.45, 7) is 9.19. The molecule has 1 saturated heterocycles. The molecule has 2 heterocycles. The maximum Gasteiger partial charge on any atom is 0.243 e. The molecule has 2 aromatic rings. The molecule has 1 aromatic carbocycles. The van der Waals surface area contributed by atoms with Crippen LogP contribution in [0.3, 0.4) is 0 Å². The second-order valence-corrected chi connectivity index (χ2v) is 10.1. The highest BCUT2D eigenvalue weighted by Crippen LogP contribution is 2.26. The van der Waals surface area contributed by atoms with Gasteiger partial charge in [-0.1, -0.05) is 39.0 Å². The SMILES string of the molecule is Cc1cccc(OC2CCN(S(=O)(=O)c3ccc(C(C)(C)C)cc3)CC2)n1. The van der Waals surface area contributed by atoms with Crippen molar-refractivity contribution in [2.45, 2.75) is 57.0 Å². The highest BCUT2D eigenvalue weighted by molar-refractivity contribution is 7.89. The van der Waals surface area contributed by atoms with Gasteiger partial charge in [0.15, 0.2) is 0 Å². The van der Waals surface area contributed by atoms with Gasteiger partial charge in [-0.05, 0) is 48.9 Å². The zero-order chi connectivity index (χ0) is 19.7. The van der Waals surface area contributed by atoms with Gasteiger partial charge in [0.25, 0.3) is 0 Å². The Balaban J connectivity index is 1.64. The normalized spacial score (nSPS) is 17.0. The zero-order valence-corrected chi connectivity index (χ0v) is 17.3. The average Bonchev–Trinajstić information content (AvgIpc) is 2.62. The van der Waals surface area contributed by atoms with Crippen LogP contribution in [-0.4, -0.2) is 36.9 Å². The molecule has 6 heteroatoms. The Kier molecular flexibility index (Phi) is 5.58. The van der Waals surface area contributed by atoms with Gasteiger partial charge in [-0.2, -0.15) is 4.31 Å². The number of hydrogen-bond acceptors (Lipinski definition) is 4. The number of piperidine rings is 1. The van der Waals surface area contributed by atoms with E-state index in [0.717, 1.165) is 11.3 Å². The summed E-state index contributed by atoms with van der Waals surface area (Å²) in [5, 5.41) is 0. The molecule has 1 aliphatic heterocycles. The second kappa shape index (κ2) is 7.60. The Morgan fingerprint density at radius 2 is 1.67 bits per heavy atom. The molecule has 27 heavy (non-hydrogen) atoms. The van der Waals surface area contributed by atoms with E-state index in [0.29, 0.717) is 36.7 Å². The monoisotopic (exact) mass is 388 g/mol. The number of rotatable bonds is 4. The molecule has 0 spiro atoms. The Bertz CT molecular complexity index is 878. The van der Waals surface area contributed by atoms with Crippen molar-refractivity contribution in [3.63, 3.8) is 0 Å². The minimum Gasteiger partial charge on any atom is -0.474 e. The van der Waals surface area contributed by atoms with Crippen molar-refractivity contribution in [3.05, 3.63) is 53.7 Å². The van der Waals surface area contributed by atoms with Crippen molar-refractivity contribution in [2.75, 3.05) is 13.1 Å². The molecule has 0 amide bonds. The number of aryl methyl sites for hydroxylation is 1. The lowest BCUT2D eigenvalue weighted by Gasteiger charge is -2.31. The van der Waals surface area contributed by atoms with Crippen LogP contribution in [-0.2, 0) is 15.4 Å². The first-order valence-corrected chi connectivity index (χ1v) is 10.8. The van der Waals surface area contributed by atoms with Crippen LogP contribution in [0.2, 0.25) is 0 Å². The predicted octanol–water partition coefficient (Wildman–Crippen LogP) is 3.92. The van der Waals surface area contributed by atoms with Gasteiger partial charge in [0.05, 0.1) is 4.90 Å². The maximum atomic E-state index is 12.9. The van der Waals surface area contributed by atoms with Crippen LogP contribution in [0.5, 0.6) is 5.88 Å². The number of sulfonamides is 1. The van der Waals surface area contributed by atoms with Gasteiger partial charge in [0.2, 0.25) is 15.9 Å². The van der Waals surface area contributed by atoms with Gasteiger partial charge in [-0.25, -0.2) is 13.4 Å². The molecule has 0 saturated carbocycles. The van der Waals surface area contributed by atoms with E-state index in [1.165, 1.54) is 0 Å². The van der Waals surface area contributed by atoms with E-state index in [2.05, 4.69) is 25.8 Å². The molecular weight excluding hydrogens is 360 g/mol. The third-order valence-corrected chi connectivity index (χ3v) is 6.82. The third kappa shape index (κ3) is 4.68. The fourth-order valence-corrected chi connectivity index (χ4v) is 4.69. The van der Waals surface area contributed by atoms with E-state index in [-0.39, 0.29) is 11.5 Å². The minimum atomic E-state index is -3.47. The molecule has 0 atom stereocenters. The molecule has 1 fully saturated rings. The zero-order valence-electron chi connectivity index (χ0n) is 16.5. The van der Waals surface area contributed by atoms with Crippen LogP contribution in [0.25, 0.3) is 0 Å². The largest absolute Gasteiger partial charge is 0.474 e. The maximum absolute atomic E-state index is 12.9. The molecule has 1 aliphatic rings. The number of ether oxygens (including phenoxy) is 1. The molecule has 0 N–H and O–H groups in total. The van der Waals surface area contributed by atoms with Crippen molar-refractivity contribution in [1.29, 1.82) is 0 Å².